The molecule has 0 aliphatic carbocycles. The molecule has 0 N–H and O–H groups in total. The third-order valence-electron chi connectivity index (χ3n) is 4.17. The average Bonchev–Trinajstić information content (AvgIpc) is 2.70. The molecule has 0 fully saturated rings. The van der Waals surface area contributed by atoms with Crippen molar-refractivity contribution in [2.45, 2.75) is 13.0 Å². The molecule has 0 saturated carbocycles. The molecular formula is C20H23NO5. The van der Waals surface area contributed by atoms with E-state index in [0.717, 1.165) is 5.56 Å². The summed E-state index contributed by atoms with van der Waals surface area (Å²) in [6, 6.07) is 14.2. The molecule has 0 heterocycles. The molecule has 138 valence electrons. The van der Waals surface area contributed by atoms with Crippen LogP contribution in [0.3, 0.4) is 0 Å². The van der Waals surface area contributed by atoms with Crippen LogP contribution in [-0.4, -0.2) is 44.7 Å². The Morgan fingerprint density at radius 1 is 1.00 bits per heavy atom. The molecule has 2 rings (SSSR count). The van der Waals surface area contributed by atoms with E-state index < -0.39 is 5.97 Å². The summed E-state index contributed by atoms with van der Waals surface area (Å²) < 4.78 is 15.4. The number of hydrogen-bond donors (Lipinski definition) is 0. The summed E-state index contributed by atoms with van der Waals surface area (Å²) in [4.78, 5) is 26.1. The van der Waals surface area contributed by atoms with Crippen molar-refractivity contribution < 1.29 is 23.8 Å². The van der Waals surface area contributed by atoms with Crippen LogP contribution in [0.4, 0.5) is 0 Å². The lowest BCUT2D eigenvalue weighted by molar-refractivity contribution is -0.135. The van der Waals surface area contributed by atoms with Gasteiger partial charge in [-0.1, -0.05) is 30.3 Å². The number of likely N-dealkylation sites (N-methyl/N-ethyl adjacent to an activating group) is 1. The summed E-state index contributed by atoms with van der Waals surface area (Å²) in [7, 11) is 4.67. The molecule has 6 nitrogen and oxygen atoms in total. The second-order valence-corrected chi connectivity index (χ2v) is 5.77. The van der Waals surface area contributed by atoms with Crippen molar-refractivity contribution in [2.24, 2.45) is 0 Å². The van der Waals surface area contributed by atoms with Crippen LogP contribution < -0.4 is 9.47 Å². The number of rotatable bonds is 7. The topological polar surface area (TPSA) is 65.1 Å². The first kappa shape index (κ1) is 19.3. The number of ether oxygens (including phenoxy) is 3. The van der Waals surface area contributed by atoms with E-state index >= 15 is 0 Å². The molecule has 0 aromatic heterocycles. The van der Waals surface area contributed by atoms with Gasteiger partial charge in [-0.3, -0.25) is 4.79 Å². The molecule has 1 amide bonds. The van der Waals surface area contributed by atoms with Crippen molar-refractivity contribution in [3.63, 3.8) is 0 Å². The first-order chi connectivity index (χ1) is 12.5. The quantitative estimate of drug-likeness (QED) is 0.713. The van der Waals surface area contributed by atoms with Gasteiger partial charge in [0.1, 0.15) is 11.5 Å². The highest BCUT2D eigenvalue weighted by molar-refractivity contribution is 5.92. The predicted molar refractivity (Wildman–Crippen MR) is 97.5 cm³/mol. The monoisotopic (exact) mass is 357 g/mol. The van der Waals surface area contributed by atoms with Crippen LogP contribution in [0.1, 0.15) is 28.9 Å². The third-order valence-corrected chi connectivity index (χ3v) is 4.17. The van der Waals surface area contributed by atoms with E-state index in [0.29, 0.717) is 11.5 Å². The Balaban J connectivity index is 1.99. The lowest BCUT2D eigenvalue weighted by Gasteiger charge is -2.25. The highest BCUT2D eigenvalue weighted by Crippen LogP contribution is 2.23. The minimum Gasteiger partial charge on any atom is -0.497 e. The van der Waals surface area contributed by atoms with E-state index in [1.54, 1.807) is 18.0 Å². The second-order valence-electron chi connectivity index (χ2n) is 5.77. The fourth-order valence-corrected chi connectivity index (χ4v) is 2.41. The molecular weight excluding hydrogens is 334 g/mol. The van der Waals surface area contributed by atoms with Crippen LogP contribution in [0.5, 0.6) is 11.5 Å². The Morgan fingerprint density at radius 2 is 1.58 bits per heavy atom. The molecule has 0 saturated heterocycles. The van der Waals surface area contributed by atoms with E-state index in [1.807, 2.05) is 37.3 Å². The van der Waals surface area contributed by atoms with Gasteiger partial charge in [-0.15, -0.1) is 0 Å². The predicted octanol–water partition coefficient (Wildman–Crippen LogP) is 3.08. The fourth-order valence-electron chi connectivity index (χ4n) is 2.41. The Morgan fingerprint density at radius 3 is 2.12 bits per heavy atom. The van der Waals surface area contributed by atoms with Gasteiger partial charge < -0.3 is 19.1 Å². The largest absolute Gasteiger partial charge is 0.497 e. The number of nitrogens with zero attached hydrogens (tertiary/aromatic N) is 1. The van der Waals surface area contributed by atoms with Crippen molar-refractivity contribution in [1.82, 2.24) is 4.90 Å². The van der Waals surface area contributed by atoms with Crippen molar-refractivity contribution >= 4 is 11.9 Å². The zero-order valence-electron chi connectivity index (χ0n) is 15.4. The Labute approximate surface area is 153 Å². The van der Waals surface area contributed by atoms with Crippen LogP contribution in [-0.2, 0) is 9.53 Å². The normalized spacial score (nSPS) is 11.4. The van der Waals surface area contributed by atoms with E-state index in [2.05, 4.69) is 0 Å². The summed E-state index contributed by atoms with van der Waals surface area (Å²) in [5.41, 5.74) is 1.26. The van der Waals surface area contributed by atoms with Crippen LogP contribution in [0.2, 0.25) is 0 Å². The van der Waals surface area contributed by atoms with Gasteiger partial charge >= 0.3 is 5.97 Å². The molecule has 2 aromatic carbocycles. The van der Waals surface area contributed by atoms with Gasteiger partial charge in [-0.05, 0) is 24.6 Å². The summed E-state index contributed by atoms with van der Waals surface area (Å²) in [5.74, 6) is 0.0377. The SMILES string of the molecule is COc1cc(OC)cc(C(=O)OCC(=O)N(C)C(C)c2ccccc2)c1. The van der Waals surface area contributed by atoms with E-state index in [1.165, 1.54) is 26.4 Å². The molecule has 1 unspecified atom stereocenters. The first-order valence-corrected chi connectivity index (χ1v) is 8.17. The van der Waals surface area contributed by atoms with Gasteiger partial charge in [0.2, 0.25) is 0 Å². The second kappa shape index (κ2) is 8.89. The molecule has 0 radical (unpaired) electrons. The smallest absolute Gasteiger partial charge is 0.338 e. The van der Waals surface area contributed by atoms with Gasteiger partial charge in [-0.2, -0.15) is 0 Å². The van der Waals surface area contributed by atoms with Gasteiger partial charge in [-0.25, -0.2) is 4.79 Å². The molecule has 0 aliphatic heterocycles. The molecule has 26 heavy (non-hydrogen) atoms. The Bertz CT molecular complexity index is 738. The van der Waals surface area contributed by atoms with E-state index in [-0.39, 0.29) is 24.1 Å². The van der Waals surface area contributed by atoms with Crippen LogP contribution >= 0.6 is 0 Å². The number of hydrogen-bond acceptors (Lipinski definition) is 5. The van der Waals surface area contributed by atoms with Crippen LogP contribution in [0.25, 0.3) is 0 Å². The third kappa shape index (κ3) is 4.75. The molecule has 1 atom stereocenters. The van der Waals surface area contributed by atoms with Crippen molar-refractivity contribution in [3.8, 4) is 11.5 Å². The highest BCUT2D eigenvalue weighted by atomic mass is 16.5. The number of methoxy groups -OCH3 is 2. The maximum absolute atomic E-state index is 12.3. The van der Waals surface area contributed by atoms with E-state index in [4.69, 9.17) is 14.2 Å². The number of carbonyl (C=O) groups is 2. The highest BCUT2D eigenvalue weighted by Gasteiger charge is 2.19. The van der Waals surface area contributed by atoms with Gasteiger partial charge in [0, 0.05) is 13.1 Å². The molecule has 0 aliphatic rings. The van der Waals surface area contributed by atoms with Gasteiger partial charge in [0.25, 0.3) is 5.91 Å². The zero-order valence-corrected chi connectivity index (χ0v) is 15.4. The minimum atomic E-state index is -0.615. The molecule has 2 aromatic rings. The maximum atomic E-state index is 12.3. The van der Waals surface area contributed by atoms with Crippen molar-refractivity contribution in [1.29, 1.82) is 0 Å². The van der Waals surface area contributed by atoms with Crippen molar-refractivity contribution in [2.75, 3.05) is 27.9 Å². The van der Waals surface area contributed by atoms with Crippen LogP contribution in [0.15, 0.2) is 48.5 Å². The summed E-state index contributed by atoms with van der Waals surface area (Å²) in [6.07, 6.45) is 0. The number of esters is 1. The molecule has 0 bridgehead atoms. The number of benzene rings is 2. The summed E-state index contributed by atoms with van der Waals surface area (Å²) >= 11 is 0. The standard InChI is InChI=1S/C20H23NO5/c1-14(15-8-6-5-7-9-15)21(2)19(22)13-26-20(23)16-10-17(24-3)12-18(11-16)25-4/h5-12,14H,13H2,1-4H3. The molecule has 6 heteroatoms. The average molecular weight is 357 g/mol. The Hall–Kier alpha value is -3.02. The van der Waals surface area contributed by atoms with E-state index in [9.17, 15) is 9.59 Å². The number of carbonyl (C=O) groups excluding carboxylic acids is 2. The maximum Gasteiger partial charge on any atom is 0.338 e. The molecule has 0 spiro atoms. The van der Waals surface area contributed by atoms with Crippen LogP contribution in [0, 0.1) is 0 Å². The summed E-state index contributed by atoms with van der Waals surface area (Å²) in [5, 5.41) is 0. The first-order valence-electron chi connectivity index (χ1n) is 8.17. The number of amides is 1. The van der Waals surface area contributed by atoms with Gasteiger partial charge in [0.05, 0.1) is 25.8 Å². The fraction of sp³-hybridized carbons (Fsp3) is 0.300. The lowest BCUT2D eigenvalue weighted by Crippen LogP contribution is -2.33. The van der Waals surface area contributed by atoms with Crippen molar-refractivity contribution in [3.05, 3.63) is 59.7 Å². The minimum absolute atomic E-state index is 0.126. The van der Waals surface area contributed by atoms with Gasteiger partial charge in [0.15, 0.2) is 6.61 Å². The summed E-state index contributed by atoms with van der Waals surface area (Å²) in [6.45, 7) is 1.58. The lowest BCUT2D eigenvalue weighted by atomic mass is 10.1. The Kier molecular flexibility index (Phi) is 6.60. The zero-order chi connectivity index (χ0) is 19.1.